The molecule has 100 valence electrons. The first-order valence-corrected chi connectivity index (χ1v) is 5.55. The van der Waals surface area contributed by atoms with Gasteiger partial charge in [-0.3, -0.25) is 0 Å². The molecule has 19 heavy (non-hydrogen) atoms. The monoisotopic (exact) mass is 262 g/mol. The molecule has 0 saturated carbocycles. The number of imidazole rings is 1. The number of ether oxygens (including phenoxy) is 3. The first-order valence-electron chi connectivity index (χ1n) is 5.55. The highest BCUT2D eigenvalue weighted by molar-refractivity contribution is 5.86. The molecule has 0 bridgehead atoms. The highest BCUT2D eigenvalue weighted by atomic mass is 16.5. The fraction of sp³-hybridized carbons (Fsp3) is 0.231. The molecule has 1 N–H and O–H groups in total. The van der Waals surface area contributed by atoms with Crippen molar-refractivity contribution in [1.82, 2.24) is 9.97 Å². The van der Waals surface area contributed by atoms with Crippen LogP contribution in [0.4, 0.5) is 0 Å². The Morgan fingerprint density at radius 2 is 1.89 bits per heavy atom. The van der Waals surface area contributed by atoms with Crippen LogP contribution in [0.5, 0.6) is 11.5 Å². The molecule has 0 spiro atoms. The minimum Gasteiger partial charge on any atom is -0.493 e. The molecule has 0 unspecified atom stereocenters. The first kappa shape index (κ1) is 12.9. The molecular weight excluding hydrogens is 248 g/mol. The molecule has 0 aliphatic carbocycles. The van der Waals surface area contributed by atoms with Gasteiger partial charge in [0.05, 0.1) is 33.2 Å². The van der Waals surface area contributed by atoms with Crippen LogP contribution in [-0.2, 0) is 4.74 Å². The van der Waals surface area contributed by atoms with E-state index < -0.39 is 5.97 Å². The van der Waals surface area contributed by atoms with Crippen LogP contribution in [0, 0.1) is 0 Å². The summed E-state index contributed by atoms with van der Waals surface area (Å²) in [6.45, 7) is 0. The van der Waals surface area contributed by atoms with Gasteiger partial charge in [-0.1, -0.05) is 0 Å². The molecule has 0 aliphatic rings. The maximum Gasteiger partial charge on any atom is 0.374 e. The van der Waals surface area contributed by atoms with Gasteiger partial charge in [-0.05, 0) is 18.2 Å². The Morgan fingerprint density at radius 1 is 1.16 bits per heavy atom. The van der Waals surface area contributed by atoms with Crippen molar-refractivity contribution < 1.29 is 19.0 Å². The van der Waals surface area contributed by atoms with Crippen molar-refractivity contribution >= 4 is 5.97 Å². The van der Waals surface area contributed by atoms with E-state index in [-0.39, 0.29) is 5.82 Å². The van der Waals surface area contributed by atoms with Gasteiger partial charge >= 0.3 is 5.97 Å². The predicted octanol–water partition coefficient (Wildman–Crippen LogP) is 1.88. The van der Waals surface area contributed by atoms with E-state index in [1.807, 2.05) is 6.07 Å². The summed E-state index contributed by atoms with van der Waals surface area (Å²) in [7, 11) is 4.44. The Labute approximate surface area is 110 Å². The van der Waals surface area contributed by atoms with Crippen molar-refractivity contribution in [2.45, 2.75) is 0 Å². The lowest BCUT2D eigenvalue weighted by atomic mass is 10.1. The number of H-pyrrole nitrogens is 1. The third kappa shape index (κ3) is 2.52. The van der Waals surface area contributed by atoms with Gasteiger partial charge in [-0.15, -0.1) is 0 Å². The second kappa shape index (κ2) is 5.43. The third-order valence-electron chi connectivity index (χ3n) is 2.65. The Morgan fingerprint density at radius 3 is 2.53 bits per heavy atom. The number of hydrogen-bond donors (Lipinski definition) is 1. The number of nitrogens with one attached hydrogen (secondary N) is 1. The average molecular weight is 262 g/mol. The topological polar surface area (TPSA) is 73.4 Å². The normalized spacial score (nSPS) is 10.1. The number of methoxy groups -OCH3 is 3. The largest absolute Gasteiger partial charge is 0.493 e. The smallest absolute Gasteiger partial charge is 0.374 e. The Balaban J connectivity index is 2.36. The molecule has 2 rings (SSSR count). The molecule has 6 heteroatoms. The zero-order valence-corrected chi connectivity index (χ0v) is 10.9. The lowest BCUT2D eigenvalue weighted by Gasteiger charge is -2.08. The van der Waals surface area contributed by atoms with Crippen LogP contribution < -0.4 is 9.47 Å². The summed E-state index contributed by atoms with van der Waals surface area (Å²) < 4.78 is 15.0. The molecular formula is C13H14N2O4. The average Bonchev–Trinajstić information content (AvgIpc) is 2.95. The van der Waals surface area contributed by atoms with Gasteiger partial charge in [-0.25, -0.2) is 9.78 Å². The summed E-state index contributed by atoms with van der Waals surface area (Å²) in [5.41, 5.74) is 1.53. The molecule has 0 fully saturated rings. The quantitative estimate of drug-likeness (QED) is 0.851. The van der Waals surface area contributed by atoms with Gasteiger partial charge in [0, 0.05) is 5.56 Å². The Bertz CT molecular complexity index is 592. The lowest BCUT2D eigenvalue weighted by Crippen LogP contribution is -2.03. The van der Waals surface area contributed by atoms with Crippen LogP contribution >= 0.6 is 0 Å². The van der Waals surface area contributed by atoms with Crippen LogP contribution in [-0.4, -0.2) is 37.3 Å². The van der Waals surface area contributed by atoms with Crippen LogP contribution in [0.25, 0.3) is 11.3 Å². The molecule has 0 amide bonds. The number of rotatable bonds is 4. The highest BCUT2D eigenvalue weighted by Gasteiger charge is 2.12. The fourth-order valence-electron chi connectivity index (χ4n) is 1.67. The van der Waals surface area contributed by atoms with E-state index in [2.05, 4.69) is 14.7 Å². The molecule has 0 atom stereocenters. The van der Waals surface area contributed by atoms with E-state index >= 15 is 0 Å². The molecule has 1 heterocycles. The summed E-state index contributed by atoms with van der Waals surface area (Å²) in [6, 6.07) is 5.43. The Kier molecular flexibility index (Phi) is 3.70. The third-order valence-corrected chi connectivity index (χ3v) is 2.65. The van der Waals surface area contributed by atoms with Gasteiger partial charge in [0.15, 0.2) is 11.5 Å². The van der Waals surface area contributed by atoms with Crippen molar-refractivity contribution in [2.24, 2.45) is 0 Å². The van der Waals surface area contributed by atoms with E-state index in [0.717, 1.165) is 5.56 Å². The van der Waals surface area contributed by atoms with E-state index in [0.29, 0.717) is 17.2 Å². The molecule has 2 aromatic rings. The molecule has 6 nitrogen and oxygen atoms in total. The molecule has 0 radical (unpaired) electrons. The Hall–Kier alpha value is -2.50. The molecule has 1 aromatic heterocycles. The van der Waals surface area contributed by atoms with Gasteiger partial charge < -0.3 is 19.2 Å². The summed E-state index contributed by atoms with van der Waals surface area (Å²) in [5, 5.41) is 0. The molecule has 1 aromatic carbocycles. The zero-order chi connectivity index (χ0) is 13.8. The SMILES string of the molecule is COC(=O)c1ncc(-c2ccc(OC)c(OC)c2)[nH]1. The number of hydrogen-bond acceptors (Lipinski definition) is 5. The van der Waals surface area contributed by atoms with Gasteiger partial charge in [0.2, 0.25) is 5.82 Å². The van der Waals surface area contributed by atoms with E-state index in [4.69, 9.17) is 9.47 Å². The van der Waals surface area contributed by atoms with Gasteiger partial charge in [0.1, 0.15) is 0 Å². The van der Waals surface area contributed by atoms with Crippen LogP contribution in [0.1, 0.15) is 10.6 Å². The number of esters is 1. The zero-order valence-electron chi connectivity index (χ0n) is 10.9. The number of benzene rings is 1. The number of aromatic amines is 1. The number of nitrogens with zero attached hydrogens (tertiary/aromatic N) is 1. The predicted molar refractivity (Wildman–Crippen MR) is 68.5 cm³/mol. The van der Waals surface area contributed by atoms with Gasteiger partial charge in [-0.2, -0.15) is 0 Å². The molecule has 0 aliphatic heterocycles. The minimum absolute atomic E-state index is 0.160. The van der Waals surface area contributed by atoms with Crippen LogP contribution in [0.2, 0.25) is 0 Å². The second-order valence-corrected chi connectivity index (χ2v) is 3.71. The van der Waals surface area contributed by atoms with Crippen molar-refractivity contribution in [2.75, 3.05) is 21.3 Å². The van der Waals surface area contributed by atoms with Crippen molar-refractivity contribution in [1.29, 1.82) is 0 Å². The summed E-state index contributed by atoms with van der Waals surface area (Å²) in [6.07, 6.45) is 1.56. The first-order chi connectivity index (χ1) is 9.19. The van der Waals surface area contributed by atoms with Crippen molar-refractivity contribution in [3.63, 3.8) is 0 Å². The van der Waals surface area contributed by atoms with Gasteiger partial charge in [0.25, 0.3) is 0 Å². The standard InChI is InChI=1S/C13H14N2O4/c1-17-10-5-4-8(6-11(10)18-2)9-7-14-12(15-9)13(16)19-3/h4-7H,1-3H3,(H,14,15). The van der Waals surface area contributed by atoms with E-state index in [1.54, 1.807) is 32.5 Å². The molecule has 0 saturated heterocycles. The highest BCUT2D eigenvalue weighted by Crippen LogP contribution is 2.31. The number of carbonyl (C=O) groups excluding carboxylic acids is 1. The van der Waals surface area contributed by atoms with Crippen LogP contribution in [0.15, 0.2) is 24.4 Å². The van der Waals surface area contributed by atoms with Crippen LogP contribution in [0.3, 0.4) is 0 Å². The second-order valence-electron chi connectivity index (χ2n) is 3.71. The van der Waals surface area contributed by atoms with E-state index in [9.17, 15) is 4.79 Å². The lowest BCUT2D eigenvalue weighted by molar-refractivity contribution is 0.0588. The van der Waals surface area contributed by atoms with Crippen molar-refractivity contribution in [3.8, 4) is 22.8 Å². The summed E-state index contributed by atoms with van der Waals surface area (Å²) in [5.74, 6) is 0.896. The maximum atomic E-state index is 11.3. The summed E-state index contributed by atoms with van der Waals surface area (Å²) >= 11 is 0. The summed E-state index contributed by atoms with van der Waals surface area (Å²) in [4.78, 5) is 18.2. The number of carbonyl (C=O) groups is 1. The minimum atomic E-state index is -0.508. The maximum absolute atomic E-state index is 11.3. The van der Waals surface area contributed by atoms with Crippen molar-refractivity contribution in [3.05, 3.63) is 30.2 Å². The van der Waals surface area contributed by atoms with E-state index in [1.165, 1.54) is 7.11 Å². The fourth-order valence-corrected chi connectivity index (χ4v) is 1.67. The number of aromatic nitrogens is 2.